The predicted octanol–water partition coefficient (Wildman–Crippen LogP) is 6.20. The number of aryl methyl sites for hydroxylation is 1. The van der Waals surface area contributed by atoms with Crippen molar-refractivity contribution >= 4 is 17.7 Å². The number of aliphatic hydroxyl groups excluding tert-OH is 1. The van der Waals surface area contributed by atoms with Gasteiger partial charge in [0, 0.05) is 11.8 Å². The van der Waals surface area contributed by atoms with E-state index in [1.54, 1.807) is 11.8 Å². The zero-order valence-corrected chi connectivity index (χ0v) is 24.7. The number of carbonyl (C=O) groups excluding carboxylic acids is 1. The molecule has 1 aliphatic rings. The van der Waals surface area contributed by atoms with E-state index >= 15 is 0 Å². The van der Waals surface area contributed by atoms with Gasteiger partial charge in [-0.1, -0.05) is 105 Å². The summed E-state index contributed by atoms with van der Waals surface area (Å²) < 4.78 is 24.6. The van der Waals surface area contributed by atoms with Crippen molar-refractivity contribution in [3.05, 3.63) is 101 Å². The lowest BCUT2D eigenvalue weighted by Gasteiger charge is -2.44. The highest BCUT2D eigenvalue weighted by atomic mass is 32.2. The second kappa shape index (κ2) is 13.8. The molecular formula is C33H40O6S. The van der Waals surface area contributed by atoms with Crippen LogP contribution in [0, 0.1) is 6.92 Å². The Kier molecular flexibility index (Phi) is 10.4. The topological polar surface area (TPSA) is 74.2 Å². The van der Waals surface area contributed by atoms with Crippen molar-refractivity contribution in [3.8, 4) is 0 Å². The van der Waals surface area contributed by atoms with Gasteiger partial charge in [0.25, 0.3) is 0 Å². The lowest BCUT2D eigenvalue weighted by Crippen LogP contribution is -2.59. The number of hydrogen-bond acceptors (Lipinski definition) is 7. The van der Waals surface area contributed by atoms with Crippen molar-refractivity contribution < 1.29 is 28.8 Å². The molecule has 3 aromatic rings. The summed E-state index contributed by atoms with van der Waals surface area (Å²) in [7, 11) is 0. The molecule has 0 bridgehead atoms. The molecule has 214 valence electrons. The maximum absolute atomic E-state index is 11.6. The maximum Gasteiger partial charge on any atom is 0.302 e. The molecular weight excluding hydrogens is 524 g/mol. The van der Waals surface area contributed by atoms with Crippen LogP contribution in [0.1, 0.15) is 49.9 Å². The molecule has 1 aliphatic heterocycles. The van der Waals surface area contributed by atoms with E-state index in [0.29, 0.717) is 13.2 Å². The molecule has 4 rings (SSSR count). The number of rotatable bonds is 10. The van der Waals surface area contributed by atoms with E-state index in [0.717, 1.165) is 21.6 Å². The predicted molar refractivity (Wildman–Crippen MR) is 157 cm³/mol. The number of esters is 1. The fraction of sp³-hybridized carbons (Fsp3) is 0.424. The smallest absolute Gasteiger partial charge is 0.302 e. The van der Waals surface area contributed by atoms with Gasteiger partial charge in [-0.2, -0.15) is 0 Å². The Labute approximate surface area is 242 Å². The summed E-state index contributed by atoms with van der Waals surface area (Å²) in [6.07, 6.45) is -3.16. The van der Waals surface area contributed by atoms with Crippen LogP contribution in [0.25, 0.3) is 0 Å². The minimum absolute atomic E-state index is 0.0188. The van der Waals surface area contributed by atoms with Crippen molar-refractivity contribution in [2.24, 2.45) is 0 Å². The summed E-state index contributed by atoms with van der Waals surface area (Å²) in [5, 5.41) is 11.4. The number of ether oxygens (including phenoxy) is 4. The van der Waals surface area contributed by atoms with Gasteiger partial charge in [0.1, 0.15) is 36.5 Å². The number of thioether (sulfide) groups is 1. The molecule has 1 heterocycles. The molecule has 0 radical (unpaired) electrons. The first-order chi connectivity index (χ1) is 19.1. The molecule has 1 fully saturated rings. The van der Waals surface area contributed by atoms with E-state index in [9.17, 15) is 9.90 Å². The third-order valence-corrected chi connectivity index (χ3v) is 8.24. The van der Waals surface area contributed by atoms with Crippen LogP contribution in [0.15, 0.2) is 83.8 Å². The summed E-state index contributed by atoms with van der Waals surface area (Å²) in [6, 6.07) is 26.2. The second-order valence-electron chi connectivity index (χ2n) is 11.2. The van der Waals surface area contributed by atoms with Crippen LogP contribution in [0.4, 0.5) is 0 Å². The third kappa shape index (κ3) is 8.18. The maximum atomic E-state index is 11.6. The van der Waals surface area contributed by atoms with Gasteiger partial charge in [-0.05, 0) is 40.7 Å². The molecule has 7 heteroatoms. The van der Waals surface area contributed by atoms with E-state index in [1.807, 2.05) is 60.7 Å². The number of aliphatic hydroxyl groups is 1. The summed E-state index contributed by atoms with van der Waals surface area (Å²) in [4.78, 5) is 12.7. The molecule has 0 saturated carbocycles. The monoisotopic (exact) mass is 564 g/mol. The molecule has 0 spiro atoms. The minimum atomic E-state index is -1.07. The average molecular weight is 565 g/mol. The Hall–Kier alpha value is -2.68. The summed E-state index contributed by atoms with van der Waals surface area (Å²) in [5.41, 5.74) is 3.78. The highest BCUT2D eigenvalue weighted by Gasteiger charge is 2.48. The van der Waals surface area contributed by atoms with Crippen molar-refractivity contribution in [3.63, 3.8) is 0 Å². The summed E-state index contributed by atoms with van der Waals surface area (Å²) in [5.74, 6) is -0.432. The van der Waals surface area contributed by atoms with Crippen LogP contribution >= 0.6 is 11.8 Å². The zero-order chi connectivity index (χ0) is 28.7. The van der Waals surface area contributed by atoms with Gasteiger partial charge in [0.05, 0.1) is 13.2 Å². The highest BCUT2D eigenvalue weighted by molar-refractivity contribution is 7.99. The molecule has 0 amide bonds. The Bertz CT molecular complexity index is 1230. The molecule has 0 aromatic heterocycles. The standard InChI is InChI=1S/C33H40O6S/c1-22-16-17-26(33(3,4)5)18-28(22)40-32-31(38-20-25-14-10-7-11-15-25)30(37-19-24-12-8-6-9-13-24)29(35)27(39-32)21-36-23(2)34/h6-18,27,29-32,35H,19-21H2,1-5H3/t27?,29-,30?,31?,32+/m1/s1. The van der Waals surface area contributed by atoms with Gasteiger partial charge < -0.3 is 24.1 Å². The molecule has 1 saturated heterocycles. The van der Waals surface area contributed by atoms with Crippen LogP contribution < -0.4 is 0 Å². The fourth-order valence-corrected chi connectivity index (χ4v) is 5.81. The Morgan fingerprint density at radius 2 is 1.48 bits per heavy atom. The quantitative estimate of drug-likeness (QED) is 0.294. The first-order valence-corrected chi connectivity index (χ1v) is 14.6. The number of carbonyl (C=O) groups is 1. The van der Waals surface area contributed by atoms with Crippen LogP contribution in [-0.2, 0) is 42.4 Å². The first kappa shape index (κ1) is 30.3. The van der Waals surface area contributed by atoms with Crippen LogP contribution in [0.2, 0.25) is 0 Å². The van der Waals surface area contributed by atoms with Gasteiger partial charge >= 0.3 is 5.97 Å². The second-order valence-corrected chi connectivity index (χ2v) is 12.3. The zero-order valence-electron chi connectivity index (χ0n) is 23.9. The molecule has 0 aliphatic carbocycles. The lowest BCUT2D eigenvalue weighted by molar-refractivity contribution is -0.239. The highest BCUT2D eigenvalue weighted by Crippen LogP contribution is 2.39. The Morgan fingerprint density at radius 3 is 2.02 bits per heavy atom. The first-order valence-electron chi connectivity index (χ1n) is 13.7. The van der Waals surface area contributed by atoms with E-state index in [-0.39, 0.29) is 12.0 Å². The molecule has 40 heavy (non-hydrogen) atoms. The average Bonchev–Trinajstić information content (AvgIpc) is 2.93. The number of hydrogen-bond donors (Lipinski definition) is 1. The van der Waals surface area contributed by atoms with Crippen molar-refractivity contribution in [2.75, 3.05) is 6.61 Å². The molecule has 6 nitrogen and oxygen atoms in total. The number of benzene rings is 3. The van der Waals surface area contributed by atoms with Gasteiger partial charge in [-0.3, -0.25) is 4.79 Å². The van der Waals surface area contributed by atoms with Crippen molar-refractivity contribution in [1.82, 2.24) is 0 Å². The summed E-state index contributed by atoms with van der Waals surface area (Å²) >= 11 is 1.55. The minimum Gasteiger partial charge on any atom is -0.463 e. The lowest BCUT2D eigenvalue weighted by atomic mass is 9.87. The van der Waals surface area contributed by atoms with Gasteiger partial charge in [0.15, 0.2) is 0 Å². The van der Waals surface area contributed by atoms with Crippen molar-refractivity contribution in [1.29, 1.82) is 0 Å². The van der Waals surface area contributed by atoms with Gasteiger partial charge in [-0.25, -0.2) is 0 Å². The fourth-order valence-electron chi connectivity index (χ4n) is 4.54. The van der Waals surface area contributed by atoms with Crippen LogP contribution in [0.3, 0.4) is 0 Å². The van der Waals surface area contributed by atoms with Crippen molar-refractivity contribution in [2.45, 2.75) is 88.0 Å². The van der Waals surface area contributed by atoms with Gasteiger partial charge in [-0.15, -0.1) is 0 Å². The van der Waals surface area contributed by atoms with E-state index < -0.39 is 35.8 Å². The van der Waals surface area contributed by atoms with E-state index in [1.165, 1.54) is 12.5 Å². The third-order valence-electron chi connectivity index (χ3n) is 6.94. The molecule has 5 atom stereocenters. The Balaban J connectivity index is 1.66. The van der Waals surface area contributed by atoms with E-state index in [2.05, 4.69) is 45.9 Å². The largest absolute Gasteiger partial charge is 0.463 e. The SMILES string of the molecule is CC(=O)OCC1O[C@@H](Sc2cc(C(C)(C)C)ccc2C)C(OCc2ccccc2)C(OCc2ccccc2)[C@@H]1O. The normalized spacial score (nSPS) is 23.1. The molecule has 1 N–H and O–H groups in total. The molecule has 3 aromatic carbocycles. The molecule has 3 unspecified atom stereocenters. The van der Waals surface area contributed by atoms with Gasteiger partial charge in [0.2, 0.25) is 0 Å². The van der Waals surface area contributed by atoms with Crippen LogP contribution in [-0.4, -0.2) is 47.5 Å². The Morgan fingerprint density at radius 1 is 0.900 bits per heavy atom. The summed E-state index contributed by atoms with van der Waals surface area (Å²) in [6.45, 7) is 10.5. The van der Waals surface area contributed by atoms with Crippen LogP contribution in [0.5, 0.6) is 0 Å². The van der Waals surface area contributed by atoms with E-state index in [4.69, 9.17) is 18.9 Å².